The number of nitrogens with zero attached hydrogens (tertiary/aromatic N) is 2. The van der Waals surface area contributed by atoms with Gasteiger partial charge >= 0.3 is 0 Å². The minimum absolute atomic E-state index is 0.804. The Hall–Kier alpha value is -0.120. The molecule has 1 heterocycles. The lowest BCUT2D eigenvalue weighted by Gasteiger charge is -2.35. The topological polar surface area (TPSA) is 32.5 Å². The van der Waals surface area contributed by atoms with Crippen LogP contribution in [0.3, 0.4) is 0 Å². The maximum atomic E-state index is 5.61. The van der Waals surface area contributed by atoms with Crippen molar-refractivity contribution < 1.29 is 0 Å². The lowest BCUT2D eigenvalue weighted by atomic mass is 9.97. The average molecular weight is 213 g/mol. The summed E-state index contributed by atoms with van der Waals surface area (Å²) in [7, 11) is 0. The third-order valence-electron chi connectivity index (χ3n) is 3.46. The molecule has 2 N–H and O–H groups in total. The SMILES string of the molecule is CCN(CC)CC1CCCN(CCN)C1. The number of hydrogen-bond acceptors (Lipinski definition) is 3. The molecule has 3 heteroatoms. The van der Waals surface area contributed by atoms with Crippen LogP contribution in [0.2, 0.25) is 0 Å². The van der Waals surface area contributed by atoms with Crippen LogP contribution >= 0.6 is 0 Å². The van der Waals surface area contributed by atoms with Gasteiger partial charge in [0.15, 0.2) is 0 Å². The molecule has 1 rings (SSSR count). The van der Waals surface area contributed by atoms with Crippen molar-refractivity contribution in [3.8, 4) is 0 Å². The summed E-state index contributed by atoms with van der Waals surface area (Å²) in [6.45, 7) is 12.5. The fraction of sp³-hybridized carbons (Fsp3) is 1.00. The molecule has 0 aliphatic carbocycles. The lowest BCUT2D eigenvalue weighted by Crippen LogP contribution is -2.42. The van der Waals surface area contributed by atoms with Crippen molar-refractivity contribution in [1.29, 1.82) is 0 Å². The first-order valence-electron chi connectivity index (χ1n) is 6.44. The second-order valence-corrected chi connectivity index (χ2v) is 4.58. The van der Waals surface area contributed by atoms with Gasteiger partial charge in [0, 0.05) is 26.2 Å². The Labute approximate surface area is 94.6 Å². The standard InChI is InChI=1S/C12H27N3/c1-3-14(4-2)10-12-6-5-8-15(11-12)9-7-13/h12H,3-11,13H2,1-2H3. The first-order chi connectivity index (χ1) is 7.30. The molecule has 0 saturated carbocycles. The van der Waals surface area contributed by atoms with Crippen LogP contribution in [-0.2, 0) is 0 Å². The molecule has 1 aliphatic heterocycles. The van der Waals surface area contributed by atoms with Crippen LogP contribution in [0.25, 0.3) is 0 Å². The quantitative estimate of drug-likeness (QED) is 0.714. The van der Waals surface area contributed by atoms with Crippen molar-refractivity contribution >= 4 is 0 Å². The summed E-state index contributed by atoms with van der Waals surface area (Å²) in [6, 6.07) is 0. The van der Waals surface area contributed by atoms with E-state index in [4.69, 9.17) is 5.73 Å². The molecule has 0 spiro atoms. The van der Waals surface area contributed by atoms with Gasteiger partial charge in [-0.3, -0.25) is 0 Å². The highest BCUT2D eigenvalue weighted by Gasteiger charge is 2.20. The molecule has 0 aromatic rings. The van der Waals surface area contributed by atoms with E-state index in [0.29, 0.717) is 0 Å². The Morgan fingerprint density at radius 1 is 1.33 bits per heavy atom. The monoisotopic (exact) mass is 213 g/mol. The summed E-state index contributed by atoms with van der Waals surface area (Å²) in [5, 5.41) is 0. The van der Waals surface area contributed by atoms with Crippen LogP contribution in [-0.4, -0.2) is 55.6 Å². The van der Waals surface area contributed by atoms with Gasteiger partial charge < -0.3 is 15.5 Å². The zero-order valence-electron chi connectivity index (χ0n) is 10.4. The maximum absolute atomic E-state index is 5.61. The number of hydrogen-bond donors (Lipinski definition) is 1. The van der Waals surface area contributed by atoms with Crippen LogP contribution in [0.4, 0.5) is 0 Å². The van der Waals surface area contributed by atoms with Gasteiger partial charge in [0.1, 0.15) is 0 Å². The van der Waals surface area contributed by atoms with Crippen molar-refractivity contribution in [3.63, 3.8) is 0 Å². The fourth-order valence-corrected chi connectivity index (χ4v) is 2.53. The van der Waals surface area contributed by atoms with Gasteiger partial charge in [0.05, 0.1) is 0 Å². The van der Waals surface area contributed by atoms with Gasteiger partial charge in [-0.25, -0.2) is 0 Å². The summed E-state index contributed by atoms with van der Waals surface area (Å²) in [4.78, 5) is 5.06. The fourth-order valence-electron chi connectivity index (χ4n) is 2.53. The smallest absolute Gasteiger partial charge is 0.0105 e. The van der Waals surface area contributed by atoms with E-state index in [-0.39, 0.29) is 0 Å². The van der Waals surface area contributed by atoms with E-state index in [1.807, 2.05) is 0 Å². The Morgan fingerprint density at radius 3 is 2.67 bits per heavy atom. The molecule has 0 radical (unpaired) electrons. The molecule has 1 atom stereocenters. The Kier molecular flexibility index (Phi) is 6.22. The Balaban J connectivity index is 2.28. The first kappa shape index (κ1) is 12.9. The van der Waals surface area contributed by atoms with Crippen molar-refractivity contribution in [1.82, 2.24) is 9.80 Å². The van der Waals surface area contributed by atoms with Crippen LogP contribution in [0.5, 0.6) is 0 Å². The van der Waals surface area contributed by atoms with Crippen molar-refractivity contribution in [3.05, 3.63) is 0 Å². The third kappa shape index (κ3) is 4.49. The maximum Gasteiger partial charge on any atom is 0.0105 e. The Morgan fingerprint density at radius 2 is 2.07 bits per heavy atom. The van der Waals surface area contributed by atoms with E-state index >= 15 is 0 Å². The van der Waals surface area contributed by atoms with Crippen LogP contribution < -0.4 is 5.73 Å². The molecule has 0 aromatic heterocycles. The normalized spacial score (nSPS) is 23.6. The van der Waals surface area contributed by atoms with Gasteiger partial charge in [-0.2, -0.15) is 0 Å². The van der Waals surface area contributed by atoms with Crippen LogP contribution in [0.1, 0.15) is 26.7 Å². The third-order valence-corrected chi connectivity index (χ3v) is 3.46. The molecule has 1 fully saturated rings. The first-order valence-corrected chi connectivity index (χ1v) is 6.44. The Bertz CT molecular complexity index is 155. The summed E-state index contributed by atoms with van der Waals surface area (Å²) in [5.41, 5.74) is 5.61. The highest BCUT2D eigenvalue weighted by atomic mass is 15.2. The highest BCUT2D eigenvalue weighted by molar-refractivity contribution is 4.75. The summed E-state index contributed by atoms with van der Waals surface area (Å²) in [5.74, 6) is 0.866. The second kappa shape index (κ2) is 7.20. The number of rotatable bonds is 6. The zero-order chi connectivity index (χ0) is 11.1. The van der Waals surface area contributed by atoms with E-state index < -0.39 is 0 Å². The minimum atomic E-state index is 0.804. The molecular formula is C12H27N3. The van der Waals surface area contributed by atoms with Gasteiger partial charge in [-0.1, -0.05) is 13.8 Å². The molecule has 1 aliphatic rings. The summed E-state index contributed by atoms with van der Waals surface area (Å²) >= 11 is 0. The van der Waals surface area contributed by atoms with Crippen molar-refractivity contribution in [2.75, 3.05) is 45.8 Å². The molecule has 0 amide bonds. The van der Waals surface area contributed by atoms with E-state index in [2.05, 4.69) is 23.6 Å². The predicted molar refractivity (Wildman–Crippen MR) is 66.0 cm³/mol. The number of nitrogens with two attached hydrogens (primary N) is 1. The van der Waals surface area contributed by atoms with E-state index in [1.54, 1.807) is 0 Å². The zero-order valence-corrected chi connectivity index (χ0v) is 10.4. The predicted octanol–water partition coefficient (Wildman–Crippen LogP) is 0.999. The number of likely N-dealkylation sites (tertiary alicyclic amines) is 1. The number of piperidine rings is 1. The largest absolute Gasteiger partial charge is 0.329 e. The molecular weight excluding hydrogens is 186 g/mol. The van der Waals surface area contributed by atoms with Crippen molar-refractivity contribution in [2.24, 2.45) is 11.7 Å². The highest BCUT2D eigenvalue weighted by Crippen LogP contribution is 2.17. The van der Waals surface area contributed by atoms with E-state index in [9.17, 15) is 0 Å². The summed E-state index contributed by atoms with van der Waals surface area (Å²) in [6.07, 6.45) is 2.75. The second-order valence-electron chi connectivity index (χ2n) is 4.58. The van der Waals surface area contributed by atoms with Crippen LogP contribution in [0, 0.1) is 5.92 Å². The van der Waals surface area contributed by atoms with E-state index in [0.717, 1.165) is 19.0 Å². The molecule has 15 heavy (non-hydrogen) atoms. The van der Waals surface area contributed by atoms with Gasteiger partial charge in [0.25, 0.3) is 0 Å². The molecule has 0 bridgehead atoms. The molecule has 3 nitrogen and oxygen atoms in total. The molecule has 90 valence electrons. The summed E-state index contributed by atoms with van der Waals surface area (Å²) < 4.78 is 0. The van der Waals surface area contributed by atoms with E-state index in [1.165, 1.54) is 45.6 Å². The van der Waals surface area contributed by atoms with Crippen molar-refractivity contribution in [2.45, 2.75) is 26.7 Å². The average Bonchev–Trinajstić information content (AvgIpc) is 2.27. The lowest BCUT2D eigenvalue weighted by molar-refractivity contribution is 0.140. The van der Waals surface area contributed by atoms with Gasteiger partial charge in [-0.05, 0) is 38.4 Å². The van der Waals surface area contributed by atoms with Gasteiger partial charge in [-0.15, -0.1) is 0 Å². The van der Waals surface area contributed by atoms with Gasteiger partial charge in [0.2, 0.25) is 0 Å². The van der Waals surface area contributed by atoms with Crippen LogP contribution in [0.15, 0.2) is 0 Å². The molecule has 1 unspecified atom stereocenters. The minimum Gasteiger partial charge on any atom is -0.329 e. The molecule has 0 aromatic carbocycles. The molecule has 1 saturated heterocycles.